The number of pyridine rings is 2. The molecule has 0 aliphatic carbocycles. The predicted molar refractivity (Wildman–Crippen MR) is 218 cm³/mol. The second-order valence-corrected chi connectivity index (χ2v) is 16.9. The third-order valence-corrected chi connectivity index (χ3v) is 11.9. The van der Waals surface area contributed by atoms with E-state index in [0.717, 1.165) is 60.0 Å². The molecule has 4 nitrogen and oxygen atoms in total. The van der Waals surface area contributed by atoms with Crippen molar-refractivity contribution in [2.45, 2.75) is 114 Å². The molecule has 5 aromatic rings. The van der Waals surface area contributed by atoms with Crippen LogP contribution in [-0.4, -0.2) is 15.9 Å². The number of hydrogen-bond donors (Lipinski definition) is 1. The first-order valence-electron chi connectivity index (χ1n) is 18.6. The van der Waals surface area contributed by atoms with Crippen molar-refractivity contribution in [3.05, 3.63) is 102 Å². The molecule has 1 N–H and O–H groups in total. The number of nitrogens with zero attached hydrogens (tertiary/aromatic N) is 2. The predicted octanol–water partition coefficient (Wildman–Crippen LogP) is 12.7. The van der Waals surface area contributed by atoms with Gasteiger partial charge in [0, 0.05) is 50.3 Å². The Labute approximate surface area is 331 Å². The molecule has 0 aliphatic rings. The van der Waals surface area contributed by atoms with Gasteiger partial charge < -0.3 is 9.67 Å². The van der Waals surface area contributed by atoms with E-state index in [0.29, 0.717) is 5.92 Å². The van der Waals surface area contributed by atoms with Gasteiger partial charge in [0.1, 0.15) is 11.5 Å². The maximum Gasteiger partial charge on any atom is 0.164 e. The first-order valence-corrected chi connectivity index (χ1v) is 19.5. The molecule has 1 radical (unpaired) electrons. The number of carbonyl (C=O) groups excluding carboxylic acids is 1. The van der Waals surface area contributed by atoms with Gasteiger partial charge in [-0.3, -0.25) is 9.78 Å². The summed E-state index contributed by atoms with van der Waals surface area (Å²) in [6.07, 6.45) is 9.90. The fourth-order valence-electron chi connectivity index (χ4n) is 6.40. The van der Waals surface area contributed by atoms with Crippen molar-refractivity contribution >= 4 is 38.0 Å². The fraction of sp³-hybridized carbons (Fsp3) is 0.435. The van der Waals surface area contributed by atoms with Crippen molar-refractivity contribution in [1.82, 2.24) is 4.98 Å². The van der Waals surface area contributed by atoms with Crippen LogP contribution in [0.4, 0.5) is 0 Å². The van der Waals surface area contributed by atoms with E-state index in [1.54, 1.807) is 11.3 Å². The number of aliphatic hydroxyl groups is 1. The number of fused-ring (bicyclic) bond motifs is 2. The van der Waals surface area contributed by atoms with Gasteiger partial charge in [0.25, 0.3) is 0 Å². The van der Waals surface area contributed by atoms with Gasteiger partial charge in [-0.25, -0.2) is 0 Å². The number of carbonyl (C=O) groups is 1. The third kappa shape index (κ3) is 9.43. The summed E-state index contributed by atoms with van der Waals surface area (Å²) in [6.45, 7) is 23.4. The van der Waals surface area contributed by atoms with E-state index in [1.165, 1.54) is 32.7 Å². The standard InChI is InChI=1S/C31H31N2S.C15H28O2.Ir/c1-20(2)15-24-19-32-29(30-26(24)12-14-34-30)22-11-13-33(6)28(18-22)23-16-21-9-7-8-10-25(21)27(17-23)31(3,4)5;1-7-14(5,8-2)12(16)11-13(17)15(6,9-3)10-4;/h7-14,17-20H,6,15H2,1-5H3;11,16H,7-10H2,1-6H3;/q-1;;/b;12-11-;. The van der Waals surface area contributed by atoms with Crippen LogP contribution in [0.2, 0.25) is 0 Å². The Morgan fingerprint density at radius 1 is 0.942 bits per heavy atom. The normalized spacial score (nSPS) is 12.5. The van der Waals surface area contributed by atoms with Crippen LogP contribution in [0.5, 0.6) is 0 Å². The molecule has 3 aromatic heterocycles. The molecule has 0 saturated carbocycles. The molecule has 0 aliphatic heterocycles. The minimum atomic E-state index is -0.337. The fourth-order valence-corrected chi connectivity index (χ4v) is 7.35. The van der Waals surface area contributed by atoms with Gasteiger partial charge in [0.05, 0.1) is 16.6 Å². The Balaban J connectivity index is 0.000000347. The van der Waals surface area contributed by atoms with Crippen molar-refractivity contribution in [2.75, 3.05) is 0 Å². The zero-order valence-corrected chi connectivity index (χ0v) is 36.5. The van der Waals surface area contributed by atoms with Gasteiger partial charge in [0.15, 0.2) is 5.78 Å². The van der Waals surface area contributed by atoms with E-state index in [1.807, 2.05) is 52.3 Å². The quantitative estimate of drug-likeness (QED) is 0.0622. The van der Waals surface area contributed by atoms with Crippen LogP contribution < -0.4 is 4.57 Å². The Hall–Kier alpha value is -3.31. The van der Waals surface area contributed by atoms with Gasteiger partial charge >= 0.3 is 0 Å². The zero-order chi connectivity index (χ0) is 37.7. The van der Waals surface area contributed by atoms with Crippen molar-refractivity contribution in [3.63, 3.8) is 0 Å². The molecule has 0 unspecified atom stereocenters. The Bertz CT molecular complexity index is 2010. The molecule has 6 heteroatoms. The number of hydrogen-bond acceptors (Lipinski definition) is 4. The SMILES string of the molecule is CCC(C)(CC)C(=O)/C=C(\O)C(C)(CC)CC.[CH2-][n+]1ccc(-c2ncc(CC(C)C)c3ccsc23)cc1-c1[c-]c2ccccc2c(C(C)(C)C)c1.[Ir]. The van der Waals surface area contributed by atoms with Crippen LogP contribution in [-0.2, 0) is 36.7 Å². The van der Waals surface area contributed by atoms with Crippen LogP contribution >= 0.6 is 11.3 Å². The second kappa shape index (κ2) is 17.7. The molecule has 52 heavy (non-hydrogen) atoms. The number of ketones is 1. The first kappa shape index (κ1) is 43.1. The van der Waals surface area contributed by atoms with Crippen molar-refractivity contribution in [3.8, 4) is 22.5 Å². The van der Waals surface area contributed by atoms with Crippen LogP contribution in [0.3, 0.4) is 0 Å². The maximum absolute atomic E-state index is 12.2. The molecule has 281 valence electrons. The van der Waals surface area contributed by atoms with Gasteiger partial charge in [-0.15, -0.1) is 40.5 Å². The van der Waals surface area contributed by atoms with E-state index in [-0.39, 0.29) is 47.9 Å². The van der Waals surface area contributed by atoms with Crippen LogP contribution in [0.1, 0.15) is 113 Å². The van der Waals surface area contributed by atoms with Gasteiger partial charge in [-0.1, -0.05) is 105 Å². The molecule has 0 amide bonds. The number of aliphatic hydroxyl groups excluding tert-OH is 1. The summed E-state index contributed by atoms with van der Waals surface area (Å²) in [5.41, 5.74) is 6.30. The second-order valence-electron chi connectivity index (χ2n) is 16.0. The topological polar surface area (TPSA) is 54.1 Å². The average molecular weight is 896 g/mol. The molecule has 2 aromatic carbocycles. The molecule has 5 rings (SSSR count). The smallest absolute Gasteiger partial charge is 0.164 e. The number of allylic oxidation sites excluding steroid dienone is 2. The van der Waals surface area contributed by atoms with Gasteiger partial charge in [0.2, 0.25) is 0 Å². The van der Waals surface area contributed by atoms with Crippen molar-refractivity contribution < 1.29 is 34.6 Å². The Morgan fingerprint density at radius 3 is 2.17 bits per heavy atom. The molecule has 0 bridgehead atoms. The van der Waals surface area contributed by atoms with E-state index in [4.69, 9.17) is 4.98 Å². The summed E-state index contributed by atoms with van der Waals surface area (Å²) in [5.74, 6) is 0.887. The Morgan fingerprint density at radius 2 is 1.58 bits per heavy atom. The van der Waals surface area contributed by atoms with Crippen LogP contribution in [0.15, 0.2) is 78.1 Å². The minimum Gasteiger partial charge on any atom is -0.512 e. The largest absolute Gasteiger partial charge is 0.512 e. The van der Waals surface area contributed by atoms with Crippen molar-refractivity contribution in [1.29, 1.82) is 0 Å². The molecular formula is C46H59IrN2O2S-. The summed E-state index contributed by atoms with van der Waals surface area (Å²) in [6, 6.07) is 21.0. The number of rotatable bonds is 11. The number of benzene rings is 2. The van der Waals surface area contributed by atoms with E-state index < -0.39 is 0 Å². The van der Waals surface area contributed by atoms with E-state index in [2.05, 4.69) is 108 Å². The molecule has 0 fully saturated rings. The van der Waals surface area contributed by atoms with Crippen LogP contribution in [0, 0.1) is 29.9 Å². The maximum atomic E-state index is 12.2. The summed E-state index contributed by atoms with van der Waals surface area (Å²) in [7, 11) is 4.28. The summed E-state index contributed by atoms with van der Waals surface area (Å²) in [4.78, 5) is 17.1. The molecular weight excluding hydrogens is 837 g/mol. The van der Waals surface area contributed by atoms with E-state index >= 15 is 0 Å². The van der Waals surface area contributed by atoms with Crippen LogP contribution in [0.25, 0.3) is 43.4 Å². The third-order valence-electron chi connectivity index (χ3n) is 11.0. The Kier molecular flexibility index (Phi) is 14.6. The first-order chi connectivity index (χ1) is 24.0. The molecule has 0 saturated heterocycles. The number of thiophene rings is 1. The average Bonchev–Trinajstić information content (AvgIpc) is 3.61. The summed E-state index contributed by atoms with van der Waals surface area (Å²) >= 11 is 1.77. The zero-order valence-electron chi connectivity index (χ0n) is 33.2. The molecule has 0 spiro atoms. The monoisotopic (exact) mass is 896 g/mol. The molecule has 0 atom stereocenters. The summed E-state index contributed by atoms with van der Waals surface area (Å²) in [5, 5.41) is 16.0. The van der Waals surface area contributed by atoms with Gasteiger partial charge in [-0.05, 0) is 83.5 Å². The summed E-state index contributed by atoms with van der Waals surface area (Å²) < 4.78 is 3.19. The van der Waals surface area contributed by atoms with E-state index in [9.17, 15) is 9.90 Å². The van der Waals surface area contributed by atoms with Crippen molar-refractivity contribution in [2.24, 2.45) is 16.7 Å². The number of aromatic nitrogens is 2. The van der Waals surface area contributed by atoms with Gasteiger partial charge in [-0.2, -0.15) is 0 Å². The molecule has 3 heterocycles. The minimum absolute atomic E-state index is 0.